The van der Waals surface area contributed by atoms with Crippen molar-refractivity contribution in [2.24, 2.45) is 0 Å². The molecule has 0 saturated heterocycles. The van der Waals surface area contributed by atoms with E-state index in [1.54, 1.807) is 53.1 Å². The Morgan fingerprint density at radius 3 is 2.15 bits per heavy atom. The van der Waals surface area contributed by atoms with E-state index in [2.05, 4.69) is 15.5 Å². The molecule has 0 fully saturated rings. The maximum atomic E-state index is 13.2. The van der Waals surface area contributed by atoms with Crippen LogP contribution in [0.5, 0.6) is 5.75 Å². The van der Waals surface area contributed by atoms with Gasteiger partial charge in [-0.3, -0.25) is 9.36 Å². The smallest absolute Gasteiger partial charge is 0.416 e. The number of aromatic nitrogens is 3. The lowest BCUT2D eigenvalue weighted by Crippen LogP contribution is -2.17. The van der Waals surface area contributed by atoms with Crippen LogP contribution in [0.3, 0.4) is 0 Å². The number of hydrogen-bond donors (Lipinski definition) is 1. The van der Waals surface area contributed by atoms with Gasteiger partial charge in [0.25, 0.3) is 0 Å². The van der Waals surface area contributed by atoms with Crippen LogP contribution in [-0.4, -0.2) is 33.5 Å². The van der Waals surface area contributed by atoms with Crippen molar-refractivity contribution in [3.8, 4) is 22.8 Å². The summed E-state index contributed by atoms with van der Waals surface area (Å²) in [7, 11) is 1.49. The van der Waals surface area contributed by atoms with Gasteiger partial charge in [0.05, 0.1) is 29.6 Å². The molecule has 4 rings (SSSR count). The third-order valence-electron chi connectivity index (χ3n) is 5.27. The number of amides is 1. The van der Waals surface area contributed by atoms with Gasteiger partial charge < -0.3 is 10.1 Å². The van der Waals surface area contributed by atoms with Gasteiger partial charge in [0.2, 0.25) is 5.91 Å². The van der Waals surface area contributed by atoms with E-state index in [0.717, 1.165) is 11.8 Å². The first-order chi connectivity index (χ1) is 18.4. The average Bonchev–Trinajstić information content (AvgIpc) is 3.30. The number of thioether (sulfide) groups is 1. The zero-order valence-electron chi connectivity index (χ0n) is 19.8. The molecular weight excluding hydrogens is 570 g/mol. The highest BCUT2D eigenvalue weighted by Crippen LogP contribution is 2.38. The number of rotatable bonds is 7. The van der Waals surface area contributed by atoms with Crippen LogP contribution in [0.2, 0.25) is 5.02 Å². The Bertz CT molecular complexity index is 1460. The Morgan fingerprint density at radius 2 is 1.56 bits per heavy atom. The van der Waals surface area contributed by atoms with E-state index >= 15 is 0 Å². The fourth-order valence-corrected chi connectivity index (χ4v) is 4.42. The van der Waals surface area contributed by atoms with Gasteiger partial charge in [-0.1, -0.05) is 35.5 Å². The number of halogens is 7. The van der Waals surface area contributed by atoms with Crippen LogP contribution in [0.4, 0.5) is 32.0 Å². The van der Waals surface area contributed by atoms with Gasteiger partial charge in [0.15, 0.2) is 11.0 Å². The number of methoxy groups -OCH3 is 1. The molecule has 0 aliphatic heterocycles. The minimum absolute atomic E-state index is 0.0155. The summed E-state index contributed by atoms with van der Waals surface area (Å²) in [6.07, 6.45) is -10.1. The van der Waals surface area contributed by atoms with Crippen LogP contribution in [0.15, 0.2) is 71.9 Å². The quantitative estimate of drug-likeness (QED) is 0.181. The third kappa shape index (κ3) is 6.66. The van der Waals surface area contributed by atoms with Crippen LogP contribution in [0.25, 0.3) is 17.1 Å². The van der Waals surface area contributed by atoms with Crippen molar-refractivity contribution in [1.29, 1.82) is 0 Å². The third-order valence-corrected chi connectivity index (χ3v) is 6.45. The summed E-state index contributed by atoms with van der Waals surface area (Å²) in [5, 5.41) is 11.2. The highest BCUT2D eigenvalue weighted by atomic mass is 35.5. The fraction of sp³-hybridized carbons (Fsp3) is 0.160. The number of hydrogen-bond acceptors (Lipinski definition) is 5. The van der Waals surface area contributed by atoms with Crippen molar-refractivity contribution in [2.75, 3.05) is 18.2 Å². The van der Waals surface area contributed by atoms with Gasteiger partial charge in [-0.05, 0) is 54.6 Å². The predicted molar refractivity (Wildman–Crippen MR) is 134 cm³/mol. The Hall–Kier alpha value is -3.71. The lowest BCUT2D eigenvalue weighted by molar-refractivity contribution is -0.143. The molecule has 0 spiro atoms. The first-order valence-corrected chi connectivity index (χ1v) is 12.3. The molecule has 1 amide bonds. The van der Waals surface area contributed by atoms with Gasteiger partial charge in [-0.2, -0.15) is 26.3 Å². The van der Waals surface area contributed by atoms with E-state index in [1.807, 2.05) is 0 Å². The minimum Gasteiger partial charge on any atom is -0.496 e. The number of para-hydroxylation sites is 1. The number of nitrogens with one attached hydrogen (secondary N) is 1. The summed E-state index contributed by atoms with van der Waals surface area (Å²) in [5.41, 5.74) is -2.55. The second-order valence-corrected chi connectivity index (χ2v) is 9.33. The molecule has 0 atom stereocenters. The molecule has 204 valence electrons. The van der Waals surface area contributed by atoms with Gasteiger partial charge in [0, 0.05) is 16.4 Å². The lowest BCUT2D eigenvalue weighted by Gasteiger charge is -2.15. The first-order valence-electron chi connectivity index (χ1n) is 10.9. The summed E-state index contributed by atoms with van der Waals surface area (Å²) in [5.74, 6) is -0.378. The van der Waals surface area contributed by atoms with Crippen molar-refractivity contribution in [3.63, 3.8) is 0 Å². The minimum atomic E-state index is -5.04. The molecule has 3 aromatic carbocycles. The maximum absolute atomic E-state index is 13.2. The SMILES string of the molecule is COc1ccccc1-c1nnc(SCC(=O)Nc2cc(C(F)(F)F)cc(C(F)(F)F)c2)n1-c1ccc(Cl)cc1. The van der Waals surface area contributed by atoms with Gasteiger partial charge in [-0.25, -0.2) is 0 Å². The Kier molecular flexibility index (Phi) is 8.12. The molecule has 1 N–H and O–H groups in total. The Labute approximate surface area is 226 Å². The number of alkyl halides is 6. The first kappa shape index (κ1) is 28.3. The van der Waals surface area contributed by atoms with Gasteiger partial charge >= 0.3 is 12.4 Å². The largest absolute Gasteiger partial charge is 0.496 e. The molecule has 0 unspecified atom stereocenters. The maximum Gasteiger partial charge on any atom is 0.416 e. The number of benzene rings is 3. The number of ether oxygens (including phenoxy) is 1. The Morgan fingerprint density at radius 1 is 0.949 bits per heavy atom. The predicted octanol–water partition coefficient (Wildman–Crippen LogP) is 7.36. The van der Waals surface area contributed by atoms with Crippen LogP contribution >= 0.6 is 23.4 Å². The Balaban J connectivity index is 1.62. The summed E-state index contributed by atoms with van der Waals surface area (Å²) < 4.78 is 85.9. The molecular formula is C25H17ClF6N4O2S. The van der Waals surface area contributed by atoms with E-state index in [4.69, 9.17) is 16.3 Å². The highest BCUT2D eigenvalue weighted by Gasteiger charge is 2.37. The normalized spacial score (nSPS) is 11.9. The van der Waals surface area contributed by atoms with Crippen molar-refractivity contribution in [1.82, 2.24) is 14.8 Å². The zero-order valence-corrected chi connectivity index (χ0v) is 21.3. The molecule has 0 radical (unpaired) electrons. The second-order valence-electron chi connectivity index (χ2n) is 7.95. The summed E-state index contributed by atoms with van der Waals surface area (Å²) >= 11 is 6.90. The van der Waals surface area contributed by atoms with Crippen LogP contribution in [0, 0.1) is 0 Å². The van der Waals surface area contributed by atoms with E-state index in [9.17, 15) is 31.1 Å². The molecule has 0 aliphatic carbocycles. The molecule has 14 heteroatoms. The van der Waals surface area contributed by atoms with Crippen LogP contribution < -0.4 is 10.1 Å². The van der Waals surface area contributed by atoms with Crippen molar-refractivity contribution < 1.29 is 35.9 Å². The molecule has 0 bridgehead atoms. The van der Waals surface area contributed by atoms with Crippen molar-refractivity contribution >= 4 is 35.0 Å². The van der Waals surface area contributed by atoms with Gasteiger partial charge in [0.1, 0.15) is 5.75 Å². The number of anilines is 1. The molecule has 1 heterocycles. The van der Waals surface area contributed by atoms with Crippen LogP contribution in [0.1, 0.15) is 11.1 Å². The molecule has 4 aromatic rings. The summed E-state index contributed by atoms with van der Waals surface area (Å²) in [6, 6.07) is 14.5. The molecule has 0 aliphatic rings. The second kappa shape index (κ2) is 11.2. The molecule has 39 heavy (non-hydrogen) atoms. The van der Waals surface area contributed by atoms with E-state index in [1.165, 1.54) is 7.11 Å². The van der Waals surface area contributed by atoms with Crippen LogP contribution in [-0.2, 0) is 17.1 Å². The topological polar surface area (TPSA) is 69.0 Å². The van der Waals surface area contributed by atoms with Gasteiger partial charge in [-0.15, -0.1) is 10.2 Å². The highest BCUT2D eigenvalue weighted by molar-refractivity contribution is 7.99. The van der Waals surface area contributed by atoms with E-state index in [-0.39, 0.29) is 11.2 Å². The standard InChI is InChI=1S/C25H17ClF6N4O2S/c1-38-20-5-3-2-4-19(20)22-34-35-23(36(22)18-8-6-16(26)7-9-18)39-13-21(37)33-17-11-14(24(27,28)29)10-15(12-17)25(30,31)32/h2-12H,13H2,1H3,(H,33,37). The molecule has 0 saturated carbocycles. The van der Waals surface area contributed by atoms with Crippen molar-refractivity contribution in [3.05, 3.63) is 82.9 Å². The van der Waals surface area contributed by atoms with Crippen molar-refractivity contribution in [2.45, 2.75) is 17.5 Å². The average molecular weight is 587 g/mol. The number of carbonyl (C=O) groups excluding carboxylic acids is 1. The van der Waals surface area contributed by atoms with E-state index < -0.39 is 40.8 Å². The number of nitrogens with zero attached hydrogens (tertiary/aromatic N) is 3. The summed E-state index contributed by atoms with van der Waals surface area (Å²) in [4.78, 5) is 12.6. The fourth-order valence-electron chi connectivity index (χ4n) is 3.54. The zero-order chi connectivity index (χ0) is 28.4. The number of carbonyl (C=O) groups is 1. The van der Waals surface area contributed by atoms with E-state index in [0.29, 0.717) is 40.0 Å². The lowest BCUT2D eigenvalue weighted by atomic mass is 10.1. The molecule has 1 aromatic heterocycles. The monoisotopic (exact) mass is 586 g/mol. The molecule has 6 nitrogen and oxygen atoms in total. The summed E-state index contributed by atoms with van der Waals surface area (Å²) in [6.45, 7) is 0.